The third-order valence-corrected chi connectivity index (χ3v) is 5.08. The molecular formula is C28H43NO8. The van der Waals surface area contributed by atoms with Crippen LogP contribution in [0.25, 0.3) is 0 Å². The molecule has 0 saturated carbocycles. The monoisotopic (exact) mass is 521 g/mol. The molecule has 0 aliphatic carbocycles. The highest BCUT2D eigenvalue weighted by Crippen LogP contribution is 2.30. The van der Waals surface area contributed by atoms with Gasteiger partial charge < -0.3 is 24.3 Å². The summed E-state index contributed by atoms with van der Waals surface area (Å²) in [5.41, 5.74) is -0.177. The van der Waals surface area contributed by atoms with E-state index in [0.29, 0.717) is 24.8 Å². The second-order valence-corrected chi connectivity index (χ2v) is 9.86. The Morgan fingerprint density at radius 3 is 1.95 bits per heavy atom. The third-order valence-electron chi connectivity index (χ3n) is 5.08. The molecule has 0 aromatic heterocycles. The summed E-state index contributed by atoms with van der Waals surface area (Å²) in [6.45, 7) is 11.3. The highest BCUT2D eigenvalue weighted by molar-refractivity contribution is 5.82. The van der Waals surface area contributed by atoms with Gasteiger partial charge in [-0.25, -0.2) is 9.59 Å². The smallest absolute Gasteiger partial charge is 0.408 e. The summed E-state index contributed by atoms with van der Waals surface area (Å²) >= 11 is 0. The molecule has 0 radical (unpaired) electrons. The van der Waals surface area contributed by atoms with Crippen molar-refractivity contribution in [3.8, 4) is 11.5 Å². The lowest BCUT2D eigenvalue weighted by Crippen LogP contribution is -2.45. The predicted molar refractivity (Wildman–Crippen MR) is 139 cm³/mol. The SMILES string of the molecule is CCCCOC(=O)[C@H](Cc1ccc(OC(=O)CCCC)c(OC(=O)CCCC)c1)NC(=O)OC(C)(C)C. The Bertz CT molecular complexity index is 891. The van der Waals surface area contributed by atoms with Crippen LogP contribution in [0.1, 0.15) is 98.5 Å². The maximum absolute atomic E-state index is 12.8. The summed E-state index contributed by atoms with van der Waals surface area (Å²) in [4.78, 5) is 49.7. The van der Waals surface area contributed by atoms with Crippen LogP contribution in [0.4, 0.5) is 4.79 Å². The van der Waals surface area contributed by atoms with E-state index in [0.717, 1.165) is 19.3 Å². The largest absolute Gasteiger partial charge is 0.464 e. The Morgan fingerprint density at radius 1 is 0.838 bits per heavy atom. The molecule has 37 heavy (non-hydrogen) atoms. The lowest BCUT2D eigenvalue weighted by molar-refractivity contribution is -0.146. The Balaban J connectivity index is 3.18. The molecule has 0 aliphatic heterocycles. The van der Waals surface area contributed by atoms with Gasteiger partial charge in [0.15, 0.2) is 11.5 Å². The van der Waals surface area contributed by atoms with Gasteiger partial charge in [0, 0.05) is 19.3 Å². The van der Waals surface area contributed by atoms with Gasteiger partial charge >= 0.3 is 24.0 Å². The van der Waals surface area contributed by atoms with Gasteiger partial charge in [-0.15, -0.1) is 0 Å². The molecule has 1 amide bonds. The van der Waals surface area contributed by atoms with Gasteiger partial charge in [-0.2, -0.15) is 0 Å². The second-order valence-electron chi connectivity index (χ2n) is 9.86. The molecule has 1 aromatic carbocycles. The van der Waals surface area contributed by atoms with Crippen molar-refractivity contribution in [2.75, 3.05) is 6.61 Å². The third kappa shape index (κ3) is 13.7. The minimum Gasteiger partial charge on any atom is -0.464 e. The minimum absolute atomic E-state index is 0.0494. The summed E-state index contributed by atoms with van der Waals surface area (Å²) in [7, 11) is 0. The number of unbranched alkanes of at least 4 members (excludes halogenated alkanes) is 3. The number of ether oxygens (including phenoxy) is 4. The van der Waals surface area contributed by atoms with E-state index in [-0.39, 0.29) is 37.4 Å². The predicted octanol–water partition coefficient (Wildman–Crippen LogP) is 5.66. The summed E-state index contributed by atoms with van der Waals surface area (Å²) in [5, 5.41) is 2.58. The number of carbonyl (C=O) groups is 4. The molecule has 1 atom stereocenters. The normalized spacial score (nSPS) is 11.8. The van der Waals surface area contributed by atoms with Gasteiger partial charge in [0.1, 0.15) is 11.6 Å². The zero-order valence-electron chi connectivity index (χ0n) is 23.1. The molecule has 9 nitrogen and oxygen atoms in total. The van der Waals surface area contributed by atoms with Gasteiger partial charge in [0.25, 0.3) is 0 Å². The van der Waals surface area contributed by atoms with E-state index in [1.807, 2.05) is 20.8 Å². The van der Waals surface area contributed by atoms with Crippen LogP contribution >= 0.6 is 0 Å². The van der Waals surface area contributed by atoms with E-state index in [9.17, 15) is 19.2 Å². The Hall–Kier alpha value is -3.10. The van der Waals surface area contributed by atoms with Crippen LogP contribution in [0.3, 0.4) is 0 Å². The van der Waals surface area contributed by atoms with E-state index < -0.39 is 35.6 Å². The topological polar surface area (TPSA) is 117 Å². The second kappa shape index (κ2) is 16.6. The number of nitrogens with one attached hydrogen (secondary N) is 1. The molecule has 1 N–H and O–H groups in total. The molecule has 0 fully saturated rings. The molecule has 0 spiro atoms. The number of amides is 1. The van der Waals surface area contributed by atoms with Crippen molar-refractivity contribution in [2.24, 2.45) is 0 Å². The van der Waals surface area contributed by atoms with Crippen LogP contribution in [0.5, 0.6) is 11.5 Å². The molecule has 9 heteroatoms. The van der Waals surface area contributed by atoms with Crippen LogP contribution in [-0.2, 0) is 30.3 Å². The Labute approximate surface area is 220 Å². The average molecular weight is 522 g/mol. The van der Waals surface area contributed by atoms with Crippen LogP contribution < -0.4 is 14.8 Å². The molecule has 0 aliphatic rings. The number of carbonyl (C=O) groups excluding carboxylic acids is 4. The van der Waals surface area contributed by atoms with Gasteiger partial charge in [0.2, 0.25) is 0 Å². The zero-order valence-corrected chi connectivity index (χ0v) is 23.1. The molecule has 1 rings (SSSR count). The fourth-order valence-corrected chi connectivity index (χ4v) is 3.13. The summed E-state index contributed by atoms with van der Waals surface area (Å²) in [6, 6.07) is 3.67. The molecule has 208 valence electrons. The Morgan fingerprint density at radius 2 is 1.41 bits per heavy atom. The van der Waals surface area contributed by atoms with Gasteiger partial charge in [-0.05, 0) is 57.7 Å². The number of rotatable bonds is 15. The van der Waals surface area contributed by atoms with E-state index in [2.05, 4.69) is 5.32 Å². The van der Waals surface area contributed by atoms with E-state index >= 15 is 0 Å². The first kappa shape index (κ1) is 31.9. The fraction of sp³-hybridized carbons (Fsp3) is 0.643. The number of benzene rings is 1. The van der Waals surface area contributed by atoms with Gasteiger partial charge in [-0.3, -0.25) is 9.59 Å². The van der Waals surface area contributed by atoms with E-state index in [1.165, 1.54) is 12.1 Å². The van der Waals surface area contributed by atoms with Crippen LogP contribution in [0.15, 0.2) is 18.2 Å². The van der Waals surface area contributed by atoms with Crippen molar-refractivity contribution in [2.45, 2.75) is 111 Å². The summed E-state index contributed by atoms with van der Waals surface area (Å²) in [5.74, 6) is -1.27. The van der Waals surface area contributed by atoms with Crippen LogP contribution in [-0.4, -0.2) is 42.3 Å². The fourth-order valence-electron chi connectivity index (χ4n) is 3.13. The molecule has 1 aromatic rings. The van der Waals surface area contributed by atoms with Crippen LogP contribution in [0, 0.1) is 0 Å². The van der Waals surface area contributed by atoms with Crippen molar-refractivity contribution in [3.63, 3.8) is 0 Å². The highest BCUT2D eigenvalue weighted by atomic mass is 16.6. The van der Waals surface area contributed by atoms with Crippen LogP contribution in [0.2, 0.25) is 0 Å². The number of alkyl carbamates (subject to hydrolysis) is 1. The summed E-state index contributed by atoms with van der Waals surface area (Å²) in [6.07, 6.45) is 4.31. The standard InChI is InChI=1S/C28H43NO8/c1-7-10-13-24(30)35-22-16-15-20(19-23(22)36-25(31)14-11-8-2)18-21(26(32)34-17-12-9-3)29-27(33)37-28(4,5)6/h15-16,19,21H,7-14,17-18H2,1-6H3,(H,29,33)/t21-/m0/s1. The number of hydrogen-bond acceptors (Lipinski definition) is 8. The lowest BCUT2D eigenvalue weighted by Gasteiger charge is -2.23. The molecule has 0 unspecified atom stereocenters. The van der Waals surface area contributed by atoms with E-state index in [1.54, 1.807) is 26.8 Å². The number of hydrogen-bond donors (Lipinski definition) is 1. The van der Waals surface area contributed by atoms with Gasteiger partial charge in [0.05, 0.1) is 6.61 Å². The first-order valence-electron chi connectivity index (χ1n) is 13.2. The van der Waals surface area contributed by atoms with Gasteiger partial charge in [-0.1, -0.05) is 46.1 Å². The lowest BCUT2D eigenvalue weighted by atomic mass is 10.1. The van der Waals surface area contributed by atoms with Crippen molar-refractivity contribution < 1.29 is 38.1 Å². The Kier molecular flexibility index (Phi) is 14.3. The summed E-state index contributed by atoms with van der Waals surface area (Å²) < 4.78 is 21.6. The average Bonchev–Trinajstić information content (AvgIpc) is 2.81. The van der Waals surface area contributed by atoms with E-state index in [4.69, 9.17) is 18.9 Å². The molecular weight excluding hydrogens is 478 g/mol. The van der Waals surface area contributed by atoms with Crippen molar-refractivity contribution in [3.05, 3.63) is 23.8 Å². The quantitative estimate of drug-likeness (QED) is 0.179. The first-order chi connectivity index (χ1) is 17.5. The molecule has 0 heterocycles. The van der Waals surface area contributed by atoms with Crippen molar-refractivity contribution in [1.29, 1.82) is 0 Å². The maximum atomic E-state index is 12.8. The molecule has 0 saturated heterocycles. The maximum Gasteiger partial charge on any atom is 0.408 e. The van der Waals surface area contributed by atoms with Crippen molar-refractivity contribution in [1.82, 2.24) is 5.32 Å². The van der Waals surface area contributed by atoms with Crippen molar-refractivity contribution >= 4 is 24.0 Å². The highest BCUT2D eigenvalue weighted by Gasteiger charge is 2.27. The number of esters is 3. The molecule has 0 bridgehead atoms. The zero-order chi connectivity index (χ0) is 27.8. The first-order valence-corrected chi connectivity index (χ1v) is 13.2. The minimum atomic E-state index is -1.03.